The lowest BCUT2D eigenvalue weighted by Gasteiger charge is -2.09. The van der Waals surface area contributed by atoms with Gasteiger partial charge in [0.2, 0.25) is 0 Å². The van der Waals surface area contributed by atoms with Gasteiger partial charge < -0.3 is 10.5 Å². The van der Waals surface area contributed by atoms with Crippen LogP contribution in [0, 0.1) is 0 Å². The lowest BCUT2D eigenvalue weighted by atomic mass is 10.1. The average Bonchev–Trinajstić information content (AvgIpc) is 2.50. The zero-order valence-electron chi connectivity index (χ0n) is 12.7. The van der Waals surface area contributed by atoms with Crippen LogP contribution in [0.2, 0.25) is 0 Å². The van der Waals surface area contributed by atoms with Gasteiger partial charge in [0.1, 0.15) is 0 Å². The lowest BCUT2D eigenvalue weighted by molar-refractivity contribution is -0.134. The topological polar surface area (TPSA) is 52.3 Å². The molecule has 0 fully saturated rings. The van der Waals surface area contributed by atoms with Gasteiger partial charge in [-0.3, -0.25) is 4.79 Å². The van der Waals surface area contributed by atoms with E-state index in [0.29, 0.717) is 17.9 Å². The molecule has 4 heteroatoms. The third-order valence-electron chi connectivity index (χ3n) is 3.33. The Hall–Kier alpha value is -1.81. The Morgan fingerprint density at radius 1 is 1.05 bits per heavy atom. The minimum absolute atomic E-state index is 0. The molecule has 2 aromatic rings. The van der Waals surface area contributed by atoms with E-state index in [9.17, 15) is 4.79 Å². The Labute approximate surface area is 142 Å². The van der Waals surface area contributed by atoms with Crippen molar-refractivity contribution in [3.63, 3.8) is 0 Å². The van der Waals surface area contributed by atoms with E-state index in [-0.39, 0.29) is 23.0 Å². The first-order valence-corrected chi connectivity index (χ1v) is 7.36. The molecule has 0 aromatic heterocycles. The predicted molar refractivity (Wildman–Crippen MR) is 96.4 cm³/mol. The molecule has 3 nitrogen and oxygen atoms in total. The summed E-state index contributed by atoms with van der Waals surface area (Å²) in [5.41, 5.74) is 8.57. The van der Waals surface area contributed by atoms with Crippen molar-refractivity contribution in [2.24, 2.45) is 0 Å². The standard InChI is InChI=1S/C18H21NO2.BrH/c1-2-3-5-10-18(20)21-17-12-11-15(13-16(17)19)14-8-6-4-7-9-14;/h4,6-9,11-13H,2-3,5,10,19H2,1H3;1H. The molecule has 0 aliphatic rings. The number of anilines is 1. The van der Waals surface area contributed by atoms with Crippen LogP contribution < -0.4 is 10.5 Å². The molecule has 0 heterocycles. The first-order valence-electron chi connectivity index (χ1n) is 7.36. The first-order chi connectivity index (χ1) is 10.2. The van der Waals surface area contributed by atoms with Crippen LogP contribution in [-0.2, 0) is 4.79 Å². The minimum atomic E-state index is -0.220. The van der Waals surface area contributed by atoms with Crippen molar-refractivity contribution >= 4 is 28.6 Å². The maximum Gasteiger partial charge on any atom is 0.311 e. The van der Waals surface area contributed by atoms with Gasteiger partial charge in [-0.25, -0.2) is 0 Å². The molecule has 22 heavy (non-hydrogen) atoms. The second-order valence-electron chi connectivity index (χ2n) is 5.05. The normalized spacial score (nSPS) is 9.86. The van der Waals surface area contributed by atoms with E-state index in [4.69, 9.17) is 10.5 Å². The quantitative estimate of drug-likeness (QED) is 0.340. The molecule has 2 N–H and O–H groups in total. The van der Waals surface area contributed by atoms with Crippen LogP contribution in [-0.4, -0.2) is 5.97 Å². The van der Waals surface area contributed by atoms with Crippen molar-refractivity contribution in [1.29, 1.82) is 0 Å². The van der Waals surface area contributed by atoms with E-state index in [1.54, 1.807) is 6.07 Å². The molecular weight excluding hydrogens is 342 g/mol. The number of carbonyl (C=O) groups is 1. The summed E-state index contributed by atoms with van der Waals surface area (Å²) < 4.78 is 5.32. The summed E-state index contributed by atoms with van der Waals surface area (Å²) in [5, 5.41) is 0. The van der Waals surface area contributed by atoms with Gasteiger partial charge in [0.25, 0.3) is 0 Å². The van der Waals surface area contributed by atoms with Crippen LogP contribution in [0.15, 0.2) is 48.5 Å². The summed E-state index contributed by atoms with van der Waals surface area (Å²) in [4.78, 5) is 11.7. The Balaban J connectivity index is 0.00000242. The molecule has 0 amide bonds. The number of halogens is 1. The van der Waals surface area contributed by atoms with Crippen molar-refractivity contribution in [2.75, 3.05) is 5.73 Å². The van der Waals surface area contributed by atoms with Gasteiger partial charge in [-0.1, -0.05) is 56.2 Å². The van der Waals surface area contributed by atoms with E-state index in [2.05, 4.69) is 6.92 Å². The van der Waals surface area contributed by atoms with Crippen LogP contribution >= 0.6 is 17.0 Å². The Morgan fingerprint density at radius 2 is 1.77 bits per heavy atom. The molecule has 2 aromatic carbocycles. The molecule has 0 radical (unpaired) electrons. The molecule has 0 saturated heterocycles. The molecule has 0 saturated carbocycles. The van der Waals surface area contributed by atoms with E-state index in [1.807, 2.05) is 42.5 Å². The third kappa shape index (κ3) is 5.19. The lowest BCUT2D eigenvalue weighted by Crippen LogP contribution is -2.09. The van der Waals surface area contributed by atoms with Crippen molar-refractivity contribution in [3.05, 3.63) is 48.5 Å². The van der Waals surface area contributed by atoms with Gasteiger partial charge >= 0.3 is 5.97 Å². The first kappa shape index (κ1) is 18.2. The summed E-state index contributed by atoms with van der Waals surface area (Å²) in [5.74, 6) is 0.221. The van der Waals surface area contributed by atoms with Crippen LogP contribution in [0.5, 0.6) is 5.75 Å². The fourth-order valence-electron chi connectivity index (χ4n) is 2.14. The summed E-state index contributed by atoms with van der Waals surface area (Å²) in [6.07, 6.45) is 3.42. The number of hydrogen-bond donors (Lipinski definition) is 1. The number of hydrogen-bond acceptors (Lipinski definition) is 3. The van der Waals surface area contributed by atoms with E-state index in [1.165, 1.54) is 0 Å². The Morgan fingerprint density at radius 3 is 2.41 bits per heavy atom. The molecule has 0 aliphatic heterocycles. The van der Waals surface area contributed by atoms with Gasteiger partial charge in [0, 0.05) is 6.42 Å². The number of rotatable bonds is 6. The highest BCUT2D eigenvalue weighted by atomic mass is 79.9. The maximum atomic E-state index is 11.7. The van der Waals surface area contributed by atoms with E-state index >= 15 is 0 Å². The number of nitrogen functional groups attached to an aromatic ring is 1. The summed E-state index contributed by atoms with van der Waals surface area (Å²) in [7, 11) is 0. The van der Waals surface area contributed by atoms with E-state index < -0.39 is 0 Å². The van der Waals surface area contributed by atoms with Crippen LogP contribution in [0.1, 0.15) is 32.6 Å². The predicted octanol–water partition coefficient (Wildman–Crippen LogP) is 5.00. The molecule has 0 aliphatic carbocycles. The second-order valence-corrected chi connectivity index (χ2v) is 5.05. The summed E-state index contributed by atoms with van der Waals surface area (Å²) in [6.45, 7) is 2.10. The van der Waals surface area contributed by atoms with Gasteiger partial charge in [0.05, 0.1) is 5.69 Å². The Kier molecular flexibility index (Phi) is 7.67. The molecular formula is C18H22BrNO2. The molecule has 2 rings (SSSR count). The number of benzene rings is 2. The smallest absolute Gasteiger partial charge is 0.311 e. The summed E-state index contributed by atoms with van der Waals surface area (Å²) >= 11 is 0. The number of ether oxygens (including phenoxy) is 1. The highest BCUT2D eigenvalue weighted by molar-refractivity contribution is 8.93. The number of carbonyl (C=O) groups excluding carboxylic acids is 1. The van der Waals surface area contributed by atoms with Gasteiger partial charge in [0.15, 0.2) is 5.75 Å². The van der Waals surface area contributed by atoms with Gasteiger partial charge in [-0.15, -0.1) is 17.0 Å². The molecule has 0 unspecified atom stereocenters. The van der Waals surface area contributed by atoms with Crippen molar-refractivity contribution in [3.8, 4) is 16.9 Å². The maximum absolute atomic E-state index is 11.7. The third-order valence-corrected chi connectivity index (χ3v) is 3.33. The number of unbranched alkanes of at least 4 members (excludes halogenated alkanes) is 2. The molecule has 0 bridgehead atoms. The second kappa shape index (κ2) is 9.26. The zero-order valence-corrected chi connectivity index (χ0v) is 14.5. The van der Waals surface area contributed by atoms with Gasteiger partial charge in [-0.2, -0.15) is 0 Å². The van der Waals surface area contributed by atoms with Crippen LogP contribution in [0.3, 0.4) is 0 Å². The fraction of sp³-hybridized carbons (Fsp3) is 0.278. The summed E-state index contributed by atoms with van der Waals surface area (Å²) in [6, 6.07) is 15.5. The molecule has 0 atom stereocenters. The zero-order chi connectivity index (χ0) is 15.1. The van der Waals surface area contributed by atoms with Gasteiger partial charge in [-0.05, 0) is 29.7 Å². The SMILES string of the molecule is Br.CCCCCC(=O)Oc1ccc(-c2ccccc2)cc1N. The molecule has 118 valence electrons. The van der Waals surface area contributed by atoms with E-state index in [0.717, 1.165) is 30.4 Å². The average molecular weight is 364 g/mol. The number of nitrogens with two attached hydrogens (primary N) is 1. The van der Waals surface area contributed by atoms with Crippen molar-refractivity contribution in [1.82, 2.24) is 0 Å². The Bertz CT molecular complexity index is 599. The van der Waals surface area contributed by atoms with Crippen LogP contribution in [0.25, 0.3) is 11.1 Å². The number of esters is 1. The highest BCUT2D eigenvalue weighted by Gasteiger charge is 2.08. The highest BCUT2D eigenvalue weighted by Crippen LogP contribution is 2.28. The monoisotopic (exact) mass is 363 g/mol. The largest absolute Gasteiger partial charge is 0.424 e. The van der Waals surface area contributed by atoms with Crippen LogP contribution in [0.4, 0.5) is 5.69 Å². The minimum Gasteiger partial charge on any atom is -0.424 e. The van der Waals surface area contributed by atoms with Crippen molar-refractivity contribution in [2.45, 2.75) is 32.6 Å². The molecule has 0 spiro atoms. The van der Waals surface area contributed by atoms with Crippen molar-refractivity contribution < 1.29 is 9.53 Å². The fourth-order valence-corrected chi connectivity index (χ4v) is 2.14.